The molecule has 1 aromatic rings. The predicted molar refractivity (Wildman–Crippen MR) is 139 cm³/mol. The van der Waals surface area contributed by atoms with Crippen molar-refractivity contribution in [1.29, 1.82) is 0 Å². The molecule has 0 spiro atoms. The van der Waals surface area contributed by atoms with E-state index in [1.807, 2.05) is 6.07 Å². The molecule has 2 fully saturated rings. The van der Waals surface area contributed by atoms with Gasteiger partial charge in [-0.25, -0.2) is 9.18 Å². The monoisotopic (exact) mass is 514 g/mol. The van der Waals surface area contributed by atoms with Crippen molar-refractivity contribution in [2.75, 3.05) is 19.6 Å². The van der Waals surface area contributed by atoms with E-state index in [-0.39, 0.29) is 18.4 Å². The van der Waals surface area contributed by atoms with Crippen LogP contribution in [0.1, 0.15) is 64.5 Å². The second-order valence-corrected chi connectivity index (χ2v) is 11.4. The average molecular weight is 515 g/mol. The molecule has 3 aliphatic rings. The van der Waals surface area contributed by atoms with Crippen LogP contribution in [0.2, 0.25) is 0 Å². The summed E-state index contributed by atoms with van der Waals surface area (Å²) in [5.41, 5.74) is 7.15. The predicted octanol–water partition coefficient (Wildman–Crippen LogP) is 3.24. The van der Waals surface area contributed by atoms with Gasteiger partial charge in [-0.15, -0.1) is 0 Å². The number of likely N-dealkylation sites (tertiary alicyclic amines) is 1. The average Bonchev–Trinajstić information content (AvgIpc) is 3.45. The summed E-state index contributed by atoms with van der Waals surface area (Å²) in [6.45, 7) is 10.2. The third kappa shape index (κ3) is 6.14. The Labute approximate surface area is 218 Å². The Morgan fingerprint density at radius 2 is 2.00 bits per heavy atom. The minimum absolute atomic E-state index is 0.00513. The molecule has 2 heterocycles. The Balaban J connectivity index is 1.45. The summed E-state index contributed by atoms with van der Waals surface area (Å²) in [4.78, 5) is 42.3. The number of hydrogen-bond acceptors (Lipinski definition) is 5. The van der Waals surface area contributed by atoms with Crippen LogP contribution in [-0.2, 0) is 20.7 Å². The van der Waals surface area contributed by atoms with E-state index >= 15 is 4.39 Å². The second-order valence-electron chi connectivity index (χ2n) is 11.4. The van der Waals surface area contributed by atoms with Crippen molar-refractivity contribution in [3.63, 3.8) is 0 Å². The number of primary amides is 1. The lowest BCUT2D eigenvalue weighted by atomic mass is 9.95. The third-order valence-corrected chi connectivity index (χ3v) is 7.71. The zero-order valence-corrected chi connectivity index (χ0v) is 22.3. The van der Waals surface area contributed by atoms with Gasteiger partial charge in [0.15, 0.2) is 0 Å². The molecule has 9 heteroatoms. The molecule has 0 radical (unpaired) electrons. The number of nitrogens with two attached hydrogens (primary N) is 1. The molecule has 3 N–H and O–H groups in total. The van der Waals surface area contributed by atoms with Gasteiger partial charge in [0.25, 0.3) is 0 Å². The van der Waals surface area contributed by atoms with Crippen molar-refractivity contribution in [3.8, 4) is 0 Å². The van der Waals surface area contributed by atoms with Crippen LogP contribution >= 0.6 is 0 Å². The number of likely N-dealkylation sites (N-methyl/N-ethyl adjacent to an activating group) is 1. The van der Waals surface area contributed by atoms with Crippen LogP contribution in [-0.4, -0.2) is 71.1 Å². The number of halogens is 1. The van der Waals surface area contributed by atoms with Crippen LogP contribution in [0.3, 0.4) is 0 Å². The van der Waals surface area contributed by atoms with E-state index in [4.69, 9.17) is 10.5 Å². The summed E-state index contributed by atoms with van der Waals surface area (Å²) in [6.07, 6.45) is 4.74. The third-order valence-electron chi connectivity index (χ3n) is 7.71. The van der Waals surface area contributed by atoms with Crippen molar-refractivity contribution in [1.82, 2.24) is 15.1 Å². The van der Waals surface area contributed by atoms with Crippen LogP contribution in [0.15, 0.2) is 24.3 Å². The lowest BCUT2D eigenvalue weighted by Gasteiger charge is -2.36. The van der Waals surface area contributed by atoms with Gasteiger partial charge < -0.3 is 15.8 Å². The first-order valence-corrected chi connectivity index (χ1v) is 13.3. The lowest BCUT2D eigenvalue weighted by Crippen LogP contribution is -2.57. The Hall–Kier alpha value is -2.94. The van der Waals surface area contributed by atoms with Gasteiger partial charge in [-0.05, 0) is 81.7 Å². The molecule has 0 unspecified atom stereocenters. The molecule has 2 bridgehead atoms. The number of nitrogens with one attached hydrogen (secondary N) is 1. The van der Waals surface area contributed by atoms with Crippen molar-refractivity contribution in [2.45, 2.75) is 83.5 Å². The molecule has 1 aromatic carbocycles. The van der Waals surface area contributed by atoms with Gasteiger partial charge in [0, 0.05) is 25.6 Å². The number of benzene rings is 1. The van der Waals surface area contributed by atoms with E-state index < -0.39 is 41.4 Å². The van der Waals surface area contributed by atoms with Gasteiger partial charge in [0.05, 0.1) is 0 Å². The Morgan fingerprint density at radius 3 is 2.59 bits per heavy atom. The van der Waals surface area contributed by atoms with Crippen LogP contribution in [0, 0.1) is 11.7 Å². The SMILES string of the molecule is CCN1CC=C(c2ccc(C[C@H](NC(=O)[C@@H]3[C@H]4CC[C@H](C4)N3C(=O)OC(C)(C)C)C(N)=O)c(F)c2)CC1. The largest absolute Gasteiger partial charge is 0.444 e. The molecule has 4 atom stereocenters. The van der Waals surface area contributed by atoms with E-state index in [1.54, 1.807) is 26.8 Å². The minimum atomic E-state index is -1.10. The number of fused-ring (bicyclic) bond motifs is 2. The summed E-state index contributed by atoms with van der Waals surface area (Å²) in [5.74, 6) is -1.65. The molecule has 3 amide bonds. The van der Waals surface area contributed by atoms with Crippen molar-refractivity contribution >= 4 is 23.5 Å². The number of nitrogens with zero attached hydrogens (tertiary/aromatic N) is 2. The van der Waals surface area contributed by atoms with Crippen molar-refractivity contribution in [3.05, 3.63) is 41.2 Å². The van der Waals surface area contributed by atoms with Crippen LogP contribution < -0.4 is 11.1 Å². The maximum atomic E-state index is 15.1. The fourth-order valence-electron chi connectivity index (χ4n) is 5.78. The maximum Gasteiger partial charge on any atom is 0.411 e. The Morgan fingerprint density at radius 1 is 1.24 bits per heavy atom. The zero-order chi connectivity index (χ0) is 26.9. The van der Waals surface area contributed by atoms with E-state index in [1.165, 1.54) is 11.0 Å². The number of amides is 3. The Bertz CT molecular complexity index is 1080. The quantitative estimate of drug-likeness (QED) is 0.581. The number of rotatable bonds is 7. The van der Waals surface area contributed by atoms with Gasteiger partial charge >= 0.3 is 6.09 Å². The highest BCUT2D eigenvalue weighted by molar-refractivity contribution is 5.91. The topological polar surface area (TPSA) is 105 Å². The molecule has 0 aromatic heterocycles. The van der Waals surface area contributed by atoms with Crippen LogP contribution in [0.5, 0.6) is 0 Å². The fourth-order valence-corrected chi connectivity index (χ4v) is 5.78. The van der Waals surface area contributed by atoms with Crippen LogP contribution in [0.25, 0.3) is 5.57 Å². The van der Waals surface area contributed by atoms with E-state index in [9.17, 15) is 14.4 Å². The second kappa shape index (κ2) is 10.8. The van der Waals surface area contributed by atoms with Crippen LogP contribution in [0.4, 0.5) is 9.18 Å². The van der Waals surface area contributed by atoms with E-state index in [0.29, 0.717) is 5.56 Å². The summed E-state index contributed by atoms with van der Waals surface area (Å²) in [6, 6.07) is 3.10. The first kappa shape index (κ1) is 27.1. The summed E-state index contributed by atoms with van der Waals surface area (Å²) < 4.78 is 20.6. The van der Waals surface area contributed by atoms with Crippen molar-refractivity contribution in [2.24, 2.45) is 11.7 Å². The molecule has 2 aliphatic heterocycles. The Kier molecular flexibility index (Phi) is 7.92. The van der Waals surface area contributed by atoms with E-state index in [0.717, 1.165) is 56.5 Å². The van der Waals surface area contributed by atoms with E-state index in [2.05, 4.69) is 23.2 Å². The normalized spacial score (nSPS) is 24.5. The number of ether oxygens (including phenoxy) is 1. The fraction of sp³-hybridized carbons (Fsp3) is 0.607. The minimum Gasteiger partial charge on any atom is -0.444 e. The maximum absolute atomic E-state index is 15.1. The highest BCUT2D eigenvalue weighted by Crippen LogP contribution is 2.43. The van der Waals surface area contributed by atoms with Gasteiger partial charge in [-0.2, -0.15) is 0 Å². The number of piperidine rings is 1. The first-order chi connectivity index (χ1) is 17.5. The molecule has 37 heavy (non-hydrogen) atoms. The molecule has 1 aliphatic carbocycles. The molecule has 202 valence electrons. The summed E-state index contributed by atoms with van der Waals surface area (Å²) in [7, 11) is 0. The molecular weight excluding hydrogens is 475 g/mol. The summed E-state index contributed by atoms with van der Waals surface area (Å²) >= 11 is 0. The lowest BCUT2D eigenvalue weighted by molar-refractivity contribution is -0.132. The molecular formula is C28H39FN4O4. The summed E-state index contributed by atoms with van der Waals surface area (Å²) in [5, 5.41) is 2.71. The number of carbonyl (C=O) groups is 3. The molecule has 1 saturated carbocycles. The van der Waals surface area contributed by atoms with Gasteiger partial charge in [0.1, 0.15) is 23.5 Å². The molecule has 4 rings (SSSR count). The standard InChI is InChI=1S/C28H39FN4O4/c1-5-32-12-10-17(11-13-32)18-6-7-19(22(29)15-18)16-23(25(30)34)31-26(35)24-20-8-9-21(14-20)33(24)27(36)37-28(2,3)4/h6-7,10,15,20-21,23-24H,5,8-9,11-14,16H2,1-4H3,(H2,30,34)(H,31,35)/t20-,21+,23-,24-/m0/s1. The first-order valence-electron chi connectivity index (χ1n) is 13.3. The number of hydrogen-bond donors (Lipinski definition) is 2. The molecule has 1 saturated heterocycles. The van der Waals surface area contributed by atoms with Crippen molar-refractivity contribution < 1.29 is 23.5 Å². The smallest absolute Gasteiger partial charge is 0.411 e. The zero-order valence-electron chi connectivity index (χ0n) is 22.3. The highest BCUT2D eigenvalue weighted by Gasteiger charge is 2.52. The highest BCUT2D eigenvalue weighted by atomic mass is 19.1. The van der Waals surface area contributed by atoms with Gasteiger partial charge in [-0.1, -0.05) is 25.1 Å². The number of carbonyl (C=O) groups excluding carboxylic acids is 3. The van der Waals surface area contributed by atoms with Gasteiger partial charge in [0.2, 0.25) is 11.8 Å². The van der Waals surface area contributed by atoms with Gasteiger partial charge in [-0.3, -0.25) is 19.4 Å². The molecule has 8 nitrogen and oxygen atoms in total.